The molecule has 2 aromatic carbocycles. The van der Waals surface area contributed by atoms with Crippen LogP contribution >= 0.6 is 11.6 Å². The number of halogens is 1. The minimum atomic E-state index is -1.32. The fourth-order valence-electron chi connectivity index (χ4n) is 3.19. The van der Waals surface area contributed by atoms with Crippen molar-refractivity contribution in [2.45, 2.75) is 37.8 Å². The normalized spacial score (nSPS) is 26.7. The monoisotopic (exact) mass is 390 g/mol. The van der Waals surface area contributed by atoms with Gasteiger partial charge in [0.05, 0.1) is 7.11 Å². The second-order valence-electron chi connectivity index (χ2n) is 6.53. The molecule has 6 heteroatoms. The average Bonchev–Trinajstić information content (AvgIpc) is 2.69. The molecule has 4 atom stereocenters. The van der Waals surface area contributed by atoms with Crippen molar-refractivity contribution >= 4 is 11.6 Å². The fraction of sp³-hybridized carbons (Fsp3) is 0.333. The lowest BCUT2D eigenvalue weighted by Gasteiger charge is -2.37. The lowest BCUT2D eigenvalue weighted by molar-refractivity contribution is -0.157. The van der Waals surface area contributed by atoms with Crippen LogP contribution in [0.25, 0.3) is 0 Å². The van der Waals surface area contributed by atoms with Crippen LogP contribution in [0.5, 0.6) is 5.75 Å². The summed E-state index contributed by atoms with van der Waals surface area (Å²) in [4.78, 5) is 0. The summed E-state index contributed by atoms with van der Waals surface area (Å²) in [6, 6.07) is 13.1. The van der Waals surface area contributed by atoms with Crippen LogP contribution in [0.15, 0.2) is 54.3 Å². The molecule has 27 heavy (non-hydrogen) atoms. The van der Waals surface area contributed by atoms with Gasteiger partial charge in [0.15, 0.2) is 6.10 Å². The lowest BCUT2D eigenvalue weighted by atomic mass is 9.91. The van der Waals surface area contributed by atoms with Crippen LogP contribution in [0, 0.1) is 0 Å². The van der Waals surface area contributed by atoms with Gasteiger partial charge in [-0.05, 0) is 54.3 Å². The third-order valence-corrected chi connectivity index (χ3v) is 5.14. The number of benzene rings is 2. The van der Waals surface area contributed by atoms with Gasteiger partial charge in [-0.1, -0.05) is 35.9 Å². The zero-order valence-electron chi connectivity index (χ0n) is 15.2. The predicted octanol–water partition coefficient (Wildman–Crippen LogP) is 3.00. The molecule has 1 aliphatic rings. The smallest absolute Gasteiger partial charge is 0.152 e. The Hall–Kier alpha value is -2.05. The number of allylic oxidation sites excluding steroid dienone is 1. The standard InChI is InChI=1S/C21H23ClO5/c1-3-17-18(23)19(24)20(25)21(27-17)13-6-9-16(22)14(11-13)10-12-4-7-15(26-2)8-5-12/h3-9,11,18-21,23-25H,10H2,1-2H3/t18-,19+,20-,21+/m1/s1. The summed E-state index contributed by atoms with van der Waals surface area (Å²) in [6.45, 7) is 1.71. The Morgan fingerprint density at radius 1 is 1.07 bits per heavy atom. The number of hydrogen-bond donors (Lipinski definition) is 3. The van der Waals surface area contributed by atoms with Crippen molar-refractivity contribution in [1.82, 2.24) is 0 Å². The molecule has 0 radical (unpaired) electrons. The van der Waals surface area contributed by atoms with E-state index < -0.39 is 24.4 Å². The number of aliphatic hydroxyl groups excluding tert-OH is 3. The highest BCUT2D eigenvalue weighted by Gasteiger charge is 2.41. The van der Waals surface area contributed by atoms with Crippen LogP contribution in [0.4, 0.5) is 0 Å². The van der Waals surface area contributed by atoms with Crippen LogP contribution in [-0.2, 0) is 11.2 Å². The summed E-state index contributed by atoms with van der Waals surface area (Å²) in [5.41, 5.74) is 2.61. The summed E-state index contributed by atoms with van der Waals surface area (Å²) in [6.07, 6.45) is -2.43. The Kier molecular flexibility index (Phi) is 6.07. The summed E-state index contributed by atoms with van der Waals surface area (Å²) in [7, 11) is 1.62. The van der Waals surface area contributed by atoms with Crippen LogP contribution in [-0.4, -0.2) is 40.7 Å². The van der Waals surface area contributed by atoms with E-state index in [-0.39, 0.29) is 5.76 Å². The largest absolute Gasteiger partial charge is 0.497 e. The predicted molar refractivity (Wildman–Crippen MR) is 103 cm³/mol. The molecule has 0 bridgehead atoms. The van der Waals surface area contributed by atoms with Crippen molar-refractivity contribution < 1.29 is 24.8 Å². The third-order valence-electron chi connectivity index (χ3n) is 4.77. The molecule has 0 saturated carbocycles. The highest BCUT2D eigenvalue weighted by atomic mass is 35.5. The van der Waals surface area contributed by atoms with E-state index in [1.165, 1.54) is 0 Å². The number of methoxy groups -OCH3 is 1. The molecular weight excluding hydrogens is 368 g/mol. The fourth-order valence-corrected chi connectivity index (χ4v) is 3.38. The first-order chi connectivity index (χ1) is 12.9. The Morgan fingerprint density at radius 2 is 1.78 bits per heavy atom. The van der Waals surface area contributed by atoms with Gasteiger partial charge in [0, 0.05) is 5.02 Å². The molecule has 1 fully saturated rings. The van der Waals surface area contributed by atoms with Gasteiger partial charge < -0.3 is 24.8 Å². The minimum Gasteiger partial charge on any atom is -0.497 e. The van der Waals surface area contributed by atoms with Gasteiger partial charge >= 0.3 is 0 Å². The molecule has 1 saturated heterocycles. The Bertz CT molecular complexity index is 818. The molecule has 3 rings (SSSR count). The highest BCUT2D eigenvalue weighted by Crippen LogP contribution is 2.36. The van der Waals surface area contributed by atoms with E-state index in [2.05, 4.69) is 0 Å². The van der Waals surface area contributed by atoms with Crippen molar-refractivity contribution in [3.05, 3.63) is 76.0 Å². The first kappa shape index (κ1) is 19.7. The second kappa shape index (κ2) is 8.31. The first-order valence-electron chi connectivity index (χ1n) is 8.73. The Balaban J connectivity index is 1.87. The summed E-state index contributed by atoms with van der Waals surface area (Å²) < 4.78 is 10.9. The molecule has 0 unspecified atom stereocenters. The van der Waals surface area contributed by atoms with Crippen molar-refractivity contribution in [3.8, 4) is 5.75 Å². The van der Waals surface area contributed by atoms with E-state index in [9.17, 15) is 15.3 Å². The Labute approximate surface area is 163 Å². The van der Waals surface area contributed by atoms with Gasteiger partial charge in [-0.15, -0.1) is 0 Å². The zero-order valence-corrected chi connectivity index (χ0v) is 15.9. The highest BCUT2D eigenvalue weighted by molar-refractivity contribution is 6.31. The van der Waals surface area contributed by atoms with Crippen LogP contribution < -0.4 is 4.74 Å². The molecule has 0 amide bonds. The minimum absolute atomic E-state index is 0.240. The van der Waals surface area contributed by atoms with E-state index in [4.69, 9.17) is 21.1 Å². The number of ether oxygens (including phenoxy) is 2. The van der Waals surface area contributed by atoms with Gasteiger partial charge in [0.25, 0.3) is 0 Å². The van der Waals surface area contributed by atoms with Crippen molar-refractivity contribution in [2.75, 3.05) is 7.11 Å². The van der Waals surface area contributed by atoms with Crippen LogP contribution in [0.1, 0.15) is 29.7 Å². The molecule has 2 aromatic rings. The maximum Gasteiger partial charge on any atom is 0.152 e. The van der Waals surface area contributed by atoms with Crippen molar-refractivity contribution in [2.24, 2.45) is 0 Å². The van der Waals surface area contributed by atoms with Crippen LogP contribution in [0.3, 0.4) is 0 Å². The summed E-state index contributed by atoms with van der Waals surface area (Å²) in [5, 5.41) is 31.1. The van der Waals surface area contributed by atoms with Crippen LogP contribution in [0.2, 0.25) is 5.02 Å². The van der Waals surface area contributed by atoms with E-state index in [0.29, 0.717) is 17.0 Å². The molecular formula is C21H23ClO5. The van der Waals surface area contributed by atoms with Gasteiger partial charge in [-0.25, -0.2) is 0 Å². The van der Waals surface area contributed by atoms with Gasteiger partial charge in [0.2, 0.25) is 0 Å². The third kappa shape index (κ3) is 4.12. The maximum atomic E-state index is 10.4. The quantitative estimate of drug-likeness (QED) is 0.748. The Morgan fingerprint density at radius 3 is 2.41 bits per heavy atom. The molecule has 5 nitrogen and oxygen atoms in total. The molecule has 0 spiro atoms. The number of rotatable bonds is 4. The lowest BCUT2D eigenvalue weighted by Crippen LogP contribution is -2.47. The zero-order chi connectivity index (χ0) is 19.6. The van der Waals surface area contributed by atoms with E-state index in [1.54, 1.807) is 32.2 Å². The molecule has 1 heterocycles. The molecule has 0 aromatic heterocycles. The van der Waals surface area contributed by atoms with E-state index in [1.807, 2.05) is 30.3 Å². The topological polar surface area (TPSA) is 79.2 Å². The van der Waals surface area contributed by atoms with E-state index in [0.717, 1.165) is 16.9 Å². The van der Waals surface area contributed by atoms with Gasteiger partial charge in [-0.2, -0.15) is 0 Å². The molecule has 144 valence electrons. The number of hydrogen-bond acceptors (Lipinski definition) is 5. The summed E-state index contributed by atoms with van der Waals surface area (Å²) >= 11 is 6.36. The van der Waals surface area contributed by atoms with E-state index >= 15 is 0 Å². The number of aliphatic hydroxyl groups is 3. The van der Waals surface area contributed by atoms with Gasteiger partial charge in [0.1, 0.15) is 29.8 Å². The van der Waals surface area contributed by atoms with Crippen molar-refractivity contribution in [1.29, 1.82) is 0 Å². The SMILES string of the molecule is CC=C1O[C@@H](c2ccc(Cl)c(Cc3ccc(OC)cc3)c2)[C@H](O)[C@@H](O)[C@@H]1O. The summed E-state index contributed by atoms with van der Waals surface area (Å²) in [5.74, 6) is 1.02. The van der Waals surface area contributed by atoms with Crippen molar-refractivity contribution in [3.63, 3.8) is 0 Å². The average molecular weight is 391 g/mol. The maximum absolute atomic E-state index is 10.4. The molecule has 3 N–H and O–H groups in total. The van der Waals surface area contributed by atoms with Gasteiger partial charge in [-0.3, -0.25) is 0 Å². The molecule has 1 aliphatic heterocycles. The second-order valence-corrected chi connectivity index (χ2v) is 6.94. The first-order valence-corrected chi connectivity index (χ1v) is 9.10. The molecule has 0 aliphatic carbocycles.